The second-order valence-electron chi connectivity index (χ2n) is 3.94. The third-order valence-corrected chi connectivity index (χ3v) is 2.88. The van der Waals surface area contributed by atoms with Crippen molar-refractivity contribution in [1.29, 1.82) is 0 Å². The number of aromatic nitrogens is 1. The van der Waals surface area contributed by atoms with Gasteiger partial charge in [0.05, 0.1) is 10.5 Å². The lowest BCUT2D eigenvalue weighted by Crippen LogP contribution is -2.15. The number of hydrogen-bond acceptors (Lipinski definition) is 5. The zero-order chi connectivity index (χ0) is 15.6. The van der Waals surface area contributed by atoms with Crippen LogP contribution >= 0.6 is 11.6 Å². The first-order valence-electron chi connectivity index (χ1n) is 5.55. The molecule has 1 heterocycles. The molecule has 0 unspecified atom stereocenters. The molecule has 1 aromatic heterocycles. The maximum Gasteiger partial charge on any atom is 0.289 e. The van der Waals surface area contributed by atoms with Crippen molar-refractivity contribution in [2.45, 2.75) is 0 Å². The van der Waals surface area contributed by atoms with Gasteiger partial charge in [-0.15, -0.1) is 0 Å². The Balaban J connectivity index is 2.30. The molecule has 108 valence electrons. The third kappa shape index (κ3) is 3.06. The number of nitrogens with two attached hydrogens (primary N) is 1. The largest absolute Gasteiger partial charge is 0.381 e. The van der Waals surface area contributed by atoms with E-state index >= 15 is 0 Å². The minimum atomic E-state index is -0.960. The van der Waals surface area contributed by atoms with E-state index in [1.165, 1.54) is 18.3 Å². The quantitative estimate of drug-likeness (QED) is 0.668. The third-order valence-electron chi connectivity index (χ3n) is 2.56. The van der Waals surface area contributed by atoms with Gasteiger partial charge in [-0.25, -0.2) is 9.37 Å². The highest BCUT2D eigenvalue weighted by Crippen LogP contribution is 2.27. The number of rotatable bonds is 3. The average Bonchev–Trinajstić information content (AvgIpc) is 2.43. The Hall–Kier alpha value is -2.74. The van der Waals surface area contributed by atoms with Gasteiger partial charge in [0.15, 0.2) is 11.6 Å². The van der Waals surface area contributed by atoms with Crippen molar-refractivity contribution < 1.29 is 14.1 Å². The van der Waals surface area contributed by atoms with E-state index in [1.807, 2.05) is 0 Å². The second kappa shape index (κ2) is 5.71. The number of nitrogens with zero attached hydrogens (tertiary/aromatic N) is 2. The van der Waals surface area contributed by atoms with Crippen LogP contribution in [0.25, 0.3) is 0 Å². The highest BCUT2D eigenvalue weighted by molar-refractivity contribution is 6.32. The number of benzene rings is 1. The lowest BCUT2D eigenvalue weighted by atomic mass is 10.2. The molecule has 0 spiro atoms. The summed E-state index contributed by atoms with van der Waals surface area (Å²) in [5.74, 6) is -2.18. The van der Waals surface area contributed by atoms with E-state index in [1.54, 1.807) is 0 Å². The van der Waals surface area contributed by atoms with Gasteiger partial charge in [-0.2, -0.15) is 0 Å². The predicted molar refractivity (Wildman–Crippen MR) is 74.7 cm³/mol. The molecular formula is C12H8ClFN4O3. The fraction of sp³-hybridized carbons (Fsp3) is 0. The van der Waals surface area contributed by atoms with Crippen molar-refractivity contribution in [3.8, 4) is 0 Å². The number of pyridine rings is 1. The van der Waals surface area contributed by atoms with Crippen molar-refractivity contribution in [3.63, 3.8) is 0 Å². The normalized spacial score (nSPS) is 10.2. The lowest BCUT2D eigenvalue weighted by Gasteiger charge is -2.07. The van der Waals surface area contributed by atoms with E-state index in [9.17, 15) is 19.3 Å². The summed E-state index contributed by atoms with van der Waals surface area (Å²) in [7, 11) is 0. The van der Waals surface area contributed by atoms with Gasteiger partial charge in [0, 0.05) is 18.0 Å². The Morgan fingerprint density at radius 1 is 1.43 bits per heavy atom. The minimum absolute atomic E-state index is 0.0719. The Morgan fingerprint density at radius 3 is 2.81 bits per heavy atom. The highest BCUT2D eigenvalue weighted by atomic mass is 35.5. The molecule has 2 aromatic rings. The van der Waals surface area contributed by atoms with Crippen LogP contribution in [0.2, 0.25) is 5.02 Å². The molecule has 0 bridgehead atoms. The summed E-state index contributed by atoms with van der Waals surface area (Å²) in [5.41, 5.74) is 4.67. The summed E-state index contributed by atoms with van der Waals surface area (Å²) in [6.45, 7) is 0. The Labute approximate surface area is 122 Å². The molecule has 0 aliphatic heterocycles. The fourth-order valence-electron chi connectivity index (χ4n) is 1.56. The molecule has 1 amide bonds. The van der Waals surface area contributed by atoms with Crippen LogP contribution in [0.3, 0.4) is 0 Å². The molecule has 9 heteroatoms. The van der Waals surface area contributed by atoms with Crippen LogP contribution in [-0.2, 0) is 0 Å². The zero-order valence-electron chi connectivity index (χ0n) is 10.3. The topological polar surface area (TPSA) is 111 Å². The molecular weight excluding hydrogens is 303 g/mol. The average molecular weight is 311 g/mol. The molecule has 0 radical (unpaired) electrons. The molecule has 2 rings (SSSR count). The number of halogens is 2. The number of nitro benzene ring substituents is 1. The molecule has 0 aliphatic rings. The van der Waals surface area contributed by atoms with Crippen LogP contribution < -0.4 is 11.1 Å². The van der Waals surface area contributed by atoms with E-state index in [2.05, 4.69) is 10.3 Å². The van der Waals surface area contributed by atoms with Crippen LogP contribution in [0.4, 0.5) is 21.6 Å². The first-order chi connectivity index (χ1) is 9.90. The predicted octanol–water partition coefficient (Wildman–Crippen LogP) is 2.62. The standard InChI is InChI=1S/C12H8ClFN4O3/c13-8-2-1-6(5-9(8)18(20)21)17-12(19)7-3-4-16-11(15)10(7)14/h1-5H,(H2,15,16)(H,17,19). The molecule has 0 atom stereocenters. The summed E-state index contributed by atoms with van der Waals surface area (Å²) in [6.07, 6.45) is 1.18. The van der Waals surface area contributed by atoms with Crippen LogP contribution in [0.15, 0.2) is 30.5 Å². The molecule has 0 saturated carbocycles. The number of hydrogen-bond donors (Lipinski definition) is 2. The van der Waals surface area contributed by atoms with E-state index in [0.29, 0.717) is 0 Å². The number of carbonyl (C=O) groups excluding carboxylic acids is 1. The van der Waals surface area contributed by atoms with Gasteiger partial charge in [0.1, 0.15) is 5.02 Å². The van der Waals surface area contributed by atoms with E-state index in [-0.39, 0.29) is 22.0 Å². The fourth-order valence-corrected chi connectivity index (χ4v) is 1.75. The van der Waals surface area contributed by atoms with Crippen molar-refractivity contribution in [2.24, 2.45) is 0 Å². The van der Waals surface area contributed by atoms with Crippen LogP contribution in [-0.4, -0.2) is 15.8 Å². The summed E-state index contributed by atoms with van der Waals surface area (Å²) in [4.78, 5) is 25.5. The number of amides is 1. The SMILES string of the molecule is Nc1nccc(C(=O)Nc2ccc(Cl)c([N+](=O)[O-])c2)c1F. The maximum absolute atomic E-state index is 13.6. The highest BCUT2D eigenvalue weighted by Gasteiger charge is 2.17. The monoisotopic (exact) mass is 310 g/mol. The molecule has 1 aromatic carbocycles. The van der Waals surface area contributed by atoms with Gasteiger partial charge in [-0.1, -0.05) is 11.6 Å². The molecule has 0 aliphatic carbocycles. The number of anilines is 2. The van der Waals surface area contributed by atoms with Gasteiger partial charge < -0.3 is 11.1 Å². The van der Waals surface area contributed by atoms with Crippen molar-refractivity contribution in [3.05, 3.63) is 57.0 Å². The second-order valence-corrected chi connectivity index (χ2v) is 4.34. The van der Waals surface area contributed by atoms with Crippen LogP contribution in [0.1, 0.15) is 10.4 Å². The van der Waals surface area contributed by atoms with Crippen molar-refractivity contribution in [1.82, 2.24) is 4.98 Å². The summed E-state index contributed by atoms with van der Waals surface area (Å²) in [6, 6.07) is 4.83. The molecule has 0 fully saturated rings. The number of nitrogen functional groups attached to an aromatic ring is 1. The smallest absolute Gasteiger partial charge is 0.289 e. The van der Waals surface area contributed by atoms with E-state index in [4.69, 9.17) is 17.3 Å². The number of nitro groups is 1. The zero-order valence-corrected chi connectivity index (χ0v) is 11.1. The van der Waals surface area contributed by atoms with Gasteiger partial charge in [0.2, 0.25) is 0 Å². The van der Waals surface area contributed by atoms with E-state index in [0.717, 1.165) is 12.1 Å². The molecule has 3 N–H and O–H groups in total. The van der Waals surface area contributed by atoms with Gasteiger partial charge in [0.25, 0.3) is 11.6 Å². The number of carbonyl (C=O) groups is 1. The maximum atomic E-state index is 13.6. The summed E-state index contributed by atoms with van der Waals surface area (Å²) < 4.78 is 13.6. The summed E-state index contributed by atoms with van der Waals surface area (Å²) >= 11 is 5.65. The van der Waals surface area contributed by atoms with E-state index < -0.39 is 22.5 Å². The Morgan fingerprint density at radius 2 is 2.14 bits per heavy atom. The minimum Gasteiger partial charge on any atom is -0.381 e. The Bertz CT molecular complexity index is 738. The van der Waals surface area contributed by atoms with Gasteiger partial charge in [-0.05, 0) is 18.2 Å². The molecule has 0 saturated heterocycles. The first kappa shape index (κ1) is 14.7. The molecule has 21 heavy (non-hydrogen) atoms. The van der Waals surface area contributed by atoms with Gasteiger partial charge in [-0.3, -0.25) is 14.9 Å². The first-order valence-corrected chi connectivity index (χ1v) is 5.93. The Kier molecular flexibility index (Phi) is 3.99. The molecule has 7 nitrogen and oxygen atoms in total. The lowest BCUT2D eigenvalue weighted by molar-refractivity contribution is -0.384. The summed E-state index contributed by atoms with van der Waals surface area (Å²) in [5, 5.41) is 13.0. The number of nitrogens with one attached hydrogen (secondary N) is 1. The van der Waals surface area contributed by atoms with Crippen LogP contribution in [0, 0.1) is 15.9 Å². The van der Waals surface area contributed by atoms with Crippen LogP contribution in [0.5, 0.6) is 0 Å². The van der Waals surface area contributed by atoms with Crippen molar-refractivity contribution in [2.75, 3.05) is 11.1 Å². The van der Waals surface area contributed by atoms with Gasteiger partial charge >= 0.3 is 0 Å². The van der Waals surface area contributed by atoms with Crippen molar-refractivity contribution >= 4 is 34.7 Å².